The van der Waals surface area contributed by atoms with Crippen molar-refractivity contribution in [2.75, 3.05) is 6.54 Å². The van der Waals surface area contributed by atoms with Crippen molar-refractivity contribution in [1.82, 2.24) is 4.90 Å². The molecule has 1 aromatic rings. The van der Waals surface area contributed by atoms with Gasteiger partial charge in [0.1, 0.15) is 0 Å². The fourth-order valence-electron chi connectivity index (χ4n) is 2.53. The quantitative estimate of drug-likeness (QED) is 0.805. The van der Waals surface area contributed by atoms with E-state index < -0.39 is 5.97 Å². The molecule has 0 bridgehead atoms. The highest BCUT2D eigenvalue weighted by atomic mass is 16.4. The van der Waals surface area contributed by atoms with Crippen LogP contribution in [0.1, 0.15) is 44.2 Å². The van der Waals surface area contributed by atoms with E-state index in [0.717, 1.165) is 25.7 Å². The van der Waals surface area contributed by atoms with E-state index in [4.69, 9.17) is 5.11 Å². The molecule has 1 fully saturated rings. The first-order valence-corrected chi connectivity index (χ1v) is 6.75. The van der Waals surface area contributed by atoms with Gasteiger partial charge in [0.15, 0.2) is 0 Å². The molecule has 0 radical (unpaired) electrons. The van der Waals surface area contributed by atoms with Crippen LogP contribution in [0, 0.1) is 0 Å². The maximum Gasteiger partial charge on any atom is 0.317 e. The van der Waals surface area contributed by atoms with Crippen molar-refractivity contribution >= 4 is 5.97 Å². The first-order chi connectivity index (χ1) is 8.72. The highest BCUT2D eigenvalue weighted by Gasteiger charge is 2.35. The van der Waals surface area contributed by atoms with Crippen LogP contribution in [0.15, 0.2) is 30.3 Å². The van der Waals surface area contributed by atoms with E-state index >= 15 is 0 Å². The summed E-state index contributed by atoms with van der Waals surface area (Å²) < 4.78 is 0. The van der Waals surface area contributed by atoms with Gasteiger partial charge < -0.3 is 5.11 Å². The Morgan fingerprint density at radius 3 is 2.56 bits per heavy atom. The van der Waals surface area contributed by atoms with Gasteiger partial charge in [-0.1, -0.05) is 43.7 Å². The minimum absolute atomic E-state index is 0.157. The summed E-state index contributed by atoms with van der Waals surface area (Å²) in [6, 6.07) is 11.0. The van der Waals surface area contributed by atoms with Crippen molar-refractivity contribution in [1.29, 1.82) is 0 Å². The molecule has 0 saturated heterocycles. The molecule has 2 rings (SSSR count). The Labute approximate surface area is 108 Å². The lowest BCUT2D eigenvalue weighted by Gasteiger charge is -2.30. The maximum atomic E-state index is 11.0. The zero-order chi connectivity index (χ0) is 13.0. The second kappa shape index (κ2) is 6.01. The minimum Gasteiger partial charge on any atom is -0.480 e. The molecular formula is C15H21NO2. The predicted octanol–water partition coefficient (Wildman–Crippen LogP) is 3.08. The first-order valence-electron chi connectivity index (χ1n) is 6.75. The average Bonchev–Trinajstić information content (AvgIpc) is 3.18. The van der Waals surface area contributed by atoms with Crippen LogP contribution in [0.2, 0.25) is 0 Å². The Kier molecular flexibility index (Phi) is 4.37. The number of rotatable bonds is 7. The van der Waals surface area contributed by atoms with Crippen molar-refractivity contribution in [3.63, 3.8) is 0 Å². The van der Waals surface area contributed by atoms with Gasteiger partial charge in [-0.2, -0.15) is 0 Å². The largest absolute Gasteiger partial charge is 0.480 e. The first kappa shape index (κ1) is 13.1. The number of carboxylic acid groups (broad SMARTS) is 1. The third-order valence-electron chi connectivity index (χ3n) is 3.48. The summed E-state index contributed by atoms with van der Waals surface area (Å²) in [6.45, 7) is 2.31. The number of carboxylic acids is 1. The lowest BCUT2D eigenvalue weighted by molar-refractivity contribution is -0.139. The zero-order valence-electron chi connectivity index (χ0n) is 10.9. The summed E-state index contributed by atoms with van der Waals surface area (Å²) in [7, 11) is 0. The van der Waals surface area contributed by atoms with Gasteiger partial charge >= 0.3 is 5.97 Å². The molecule has 1 aliphatic carbocycles. The molecule has 3 heteroatoms. The van der Waals surface area contributed by atoms with Gasteiger partial charge in [-0.3, -0.25) is 9.69 Å². The number of nitrogens with zero attached hydrogens (tertiary/aromatic N) is 1. The van der Waals surface area contributed by atoms with Crippen molar-refractivity contribution < 1.29 is 9.90 Å². The van der Waals surface area contributed by atoms with Crippen molar-refractivity contribution in [2.24, 2.45) is 0 Å². The van der Waals surface area contributed by atoms with E-state index in [9.17, 15) is 4.79 Å². The van der Waals surface area contributed by atoms with E-state index in [2.05, 4.69) is 24.0 Å². The molecule has 0 aromatic heterocycles. The lowest BCUT2D eigenvalue weighted by Crippen LogP contribution is -2.35. The minimum atomic E-state index is -0.723. The van der Waals surface area contributed by atoms with Crippen LogP contribution in [0.4, 0.5) is 0 Å². The number of carbonyl (C=O) groups is 1. The highest BCUT2D eigenvalue weighted by Crippen LogP contribution is 2.36. The molecular weight excluding hydrogens is 226 g/mol. The number of benzene rings is 1. The van der Waals surface area contributed by atoms with Crippen LogP contribution >= 0.6 is 0 Å². The monoisotopic (exact) mass is 247 g/mol. The molecule has 1 unspecified atom stereocenters. The van der Waals surface area contributed by atoms with Crippen LogP contribution in [0.25, 0.3) is 0 Å². The van der Waals surface area contributed by atoms with E-state index in [1.54, 1.807) is 0 Å². The summed E-state index contributed by atoms with van der Waals surface area (Å²) in [5.74, 6) is -0.723. The van der Waals surface area contributed by atoms with Gasteiger partial charge in [0, 0.05) is 12.1 Å². The van der Waals surface area contributed by atoms with Gasteiger partial charge in [0.05, 0.1) is 6.54 Å². The smallest absolute Gasteiger partial charge is 0.317 e. The van der Waals surface area contributed by atoms with Crippen molar-refractivity contribution in [2.45, 2.75) is 44.7 Å². The Morgan fingerprint density at radius 2 is 2.06 bits per heavy atom. The lowest BCUT2D eigenvalue weighted by atomic mass is 10.0. The van der Waals surface area contributed by atoms with Gasteiger partial charge in [-0.05, 0) is 24.8 Å². The molecule has 1 saturated carbocycles. The van der Waals surface area contributed by atoms with Crippen LogP contribution in [0.5, 0.6) is 0 Å². The van der Waals surface area contributed by atoms with Gasteiger partial charge in [-0.15, -0.1) is 0 Å². The summed E-state index contributed by atoms with van der Waals surface area (Å²) in [5.41, 5.74) is 1.24. The third kappa shape index (κ3) is 3.33. The molecule has 0 amide bonds. The van der Waals surface area contributed by atoms with Crippen LogP contribution in [0.3, 0.4) is 0 Å². The molecule has 3 nitrogen and oxygen atoms in total. The van der Waals surface area contributed by atoms with E-state index in [0.29, 0.717) is 6.04 Å². The molecule has 1 aliphatic rings. The Morgan fingerprint density at radius 1 is 1.39 bits per heavy atom. The number of hydrogen-bond donors (Lipinski definition) is 1. The molecule has 1 N–H and O–H groups in total. The van der Waals surface area contributed by atoms with Crippen LogP contribution in [-0.4, -0.2) is 28.6 Å². The normalized spacial score (nSPS) is 16.8. The molecule has 0 heterocycles. The second-order valence-electron chi connectivity index (χ2n) is 5.01. The van der Waals surface area contributed by atoms with Gasteiger partial charge in [0.25, 0.3) is 0 Å². The summed E-state index contributed by atoms with van der Waals surface area (Å²) in [4.78, 5) is 13.2. The maximum absolute atomic E-state index is 11.0. The van der Waals surface area contributed by atoms with Gasteiger partial charge in [0.2, 0.25) is 0 Å². The molecule has 0 aliphatic heterocycles. The summed E-state index contributed by atoms with van der Waals surface area (Å²) in [5, 5.41) is 9.08. The Bertz CT molecular complexity index is 387. The summed E-state index contributed by atoms with van der Waals surface area (Å²) >= 11 is 0. The fraction of sp³-hybridized carbons (Fsp3) is 0.533. The zero-order valence-corrected chi connectivity index (χ0v) is 10.9. The molecule has 98 valence electrons. The highest BCUT2D eigenvalue weighted by molar-refractivity contribution is 5.69. The Balaban J connectivity index is 2.18. The number of aliphatic carboxylic acids is 1. The molecule has 18 heavy (non-hydrogen) atoms. The van der Waals surface area contributed by atoms with Crippen LogP contribution in [-0.2, 0) is 4.79 Å². The van der Waals surface area contributed by atoms with E-state index in [1.807, 2.05) is 18.2 Å². The molecule has 1 atom stereocenters. The number of hydrogen-bond acceptors (Lipinski definition) is 2. The van der Waals surface area contributed by atoms with Gasteiger partial charge in [-0.25, -0.2) is 0 Å². The third-order valence-corrected chi connectivity index (χ3v) is 3.48. The standard InChI is InChI=1S/C15H21NO2/c1-2-6-14(12-7-4-3-5-8-12)16(11-15(17)18)13-9-10-13/h3-5,7-8,13-14H,2,6,9-11H2,1H3,(H,17,18). The van der Waals surface area contributed by atoms with Crippen molar-refractivity contribution in [3.8, 4) is 0 Å². The Hall–Kier alpha value is -1.35. The average molecular weight is 247 g/mol. The van der Waals surface area contributed by atoms with E-state index in [-0.39, 0.29) is 12.6 Å². The molecule has 1 aromatic carbocycles. The van der Waals surface area contributed by atoms with E-state index in [1.165, 1.54) is 5.56 Å². The SMILES string of the molecule is CCCC(c1ccccc1)N(CC(=O)O)C1CC1. The molecule has 0 spiro atoms. The summed E-state index contributed by atoms with van der Waals surface area (Å²) in [6.07, 6.45) is 4.37. The van der Waals surface area contributed by atoms with Crippen molar-refractivity contribution in [3.05, 3.63) is 35.9 Å². The second-order valence-corrected chi connectivity index (χ2v) is 5.01. The van der Waals surface area contributed by atoms with Crippen LogP contribution < -0.4 is 0 Å². The predicted molar refractivity (Wildman–Crippen MR) is 71.5 cm³/mol. The fourth-order valence-corrected chi connectivity index (χ4v) is 2.53. The topological polar surface area (TPSA) is 40.5 Å².